The monoisotopic (exact) mass is 403 g/mol. The van der Waals surface area contributed by atoms with Crippen LogP contribution in [-0.4, -0.2) is 22.2 Å². The molecule has 1 N–H and O–H groups in total. The number of aromatic nitrogens is 2. The van der Waals surface area contributed by atoms with Crippen molar-refractivity contribution in [1.82, 2.24) is 15.1 Å². The molecule has 1 amide bonds. The Bertz CT molecular complexity index is 1110. The van der Waals surface area contributed by atoms with Gasteiger partial charge in [-0.05, 0) is 36.6 Å². The van der Waals surface area contributed by atoms with E-state index in [2.05, 4.69) is 17.4 Å². The quantitative estimate of drug-likeness (QED) is 0.436. The van der Waals surface area contributed by atoms with Gasteiger partial charge < -0.3 is 5.32 Å². The number of carbonyl (C=O) groups is 1. The molecule has 4 nitrogen and oxygen atoms in total. The molecule has 0 unspecified atom stereocenters. The topological polar surface area (TPSA) is 46.9 Å². The molecular weight excluding hydrogens is 382 g/mol. The van der Waals surface area contributed by atoms with Gasteiger partial charge in [0.05, 0.1) is 5.52 Å². The second-order valence-corrected chi connectivity index (χ2v) is 7.41. The highest BCUT2D eigenvalue weighted by atomic mass is 35.5. The zero-order valence-corrected chi connectivity index (χ0v) is 16.8. The predicted molar refractivity (Wildman–Crippen MR) is 118 cm³/mol. The van der Waals surface area contributed by atoms with E-state index in [1.807, 2.05) is 66.7 Å². The molecule has 5 heteroatoms. The highest BCUT2D eigenvalue weighted by Crippen LogP contribution is 2.30. The van der Waals surface area contributed by atoms with Crippen LogP contribution >= 0.6 is 11.6 Å². The Morgan fingerprint density at radius 1 is 0.966 bits per heavy atom. The Morgan fingerprint density at radius 3 is 2.45 bits per heavy atom. The average molecular weight is 404 g/mol. The van der Waals surface area contributed by atoms with Crippen molar-refractivity contribution in [2.24, 2.45) is 0 Å². The maximum Gasteiger partial charge on any atom is 0.241 e. The molecule has 0 fully saturated rings. The molecule has 0 saturated heterocycles. The first-order valence-electron chi connectivity index (χ1n) is 9.73. The second kappa shape index (κ2) is 8.93. The largest absolute Gasteiger partial charge is 0.354 e. The molecule has 0 aliphatic heterocycles. The highest BCUT2D eigenvalue weighted by Gasteiger charge is 2.14. The molecule has 0 atom stereocenters. The number of fused-ring (bicyclic) bond motifs is 1. The normalized spacial score (nSPS) is 10.9. The van der Waals surface area contributed by atoms with Crippen LogP contribution in [0.1, 0.15) is 12.0 Å². The molecule has 29 heavy (non-hydrogen) atoms. The fourth-order valence-electron chi connectivity index (χ4n) is 3.44. The molecule has 4 rings (SSSR count). The molecule has 4 aromatic rings. The van der Waals surface area contributed by atoms with Gasteiger partial charge in [-0.25, -0.2) is 0 Å². The number of carbonyl (C=O) groups excluding carboxylic acids is 1. The molecule has 0 aliphatic rings. The predicted octanol–water partition coefficient (Wildman–Crippen LogP) is 5.11. The van der Waals surface area contributed by atoms with E-state index in [0.717, 1.165) is 35.0 Å². The van der Waals surface area contributed by atoms with Crippen LogP contribution in [0.25, 0.3) is 22.2 Å². The van der Waals surface area contributed by atoms with E-state index in [1.165, 1.54) is 5.56 Å². The third-order valence-corrected chi connectivity index (χ3v) is 5.10. The number of aryl methyl sites for hydroxylation is 1. The highest BCUT2D eigenvalue weighted by molar-refractivity contribution is 6.31. The fraction of sp³-hybridized carbons (Fsp3) is 0.167. The SMILES string of the molecule is O=C(Cn1nc(-c2ccccc2)c2cc(Cl)ccc21)NCCCc1ccccc1. The third-order valence-electron chi connectivity index (χ3n) is 4.86. The van der Waals surface area contributed by atoms with Crippen LogP contribution in [0.5, 0.6) is 0 Å². The van der Waals surface area contributed by atoms with Crippen molar-refractivity contribution in [3.63, 3.8) is 0 Å². The lowest BCUT2D eigenvalue weighted by Gasteiger charge is -2.06. The van der Waals surface area contributed by atoms with E-state index in [0.29, 0.717) is 11.6 Å². The van der Waals surface area contributed by atoms with E-state index in [1.54, 1.807) is 4.68 Å². The fourth-order valence-corrected chi connectivity index (χ4v) is 3.61. The Balaban J connectivity index is 1.45. The lowest BCUT2D eigenvalue weighted by Crippen LogP contribution is -2.29. The lowest BCUT2D eigenvalue weighted by molar-refractivity contribution is -0.121. The summed E-state index contributed by atoms with van der Waals surface area (Å²) in [4.78, 5) is 12.5. The van der Waals surface area contributed by atoms with Gasteiger partial charge in [0.25, 0.3) is 0 Å². The van der Waals surface area contributed by atoms with Crippen LogP contribution < -0.4 is 5.32 Å². The van der Waals surface area contributed by atoms with E-state index in [9.17, 15) is 4.79 Å². The van der Waals surface area contributed by atoms with E-state index < -0.39 is 0 Å². The number of nitrogens with zero attached hydrogens (tertiary/aromatic N) is 2. The van der Waals surface area contributed by atoms with Gasteiger partial charge in [0.2, 0.25) is 5.91 Å². The lowest BCUT2D eigenvalue weighted by atomic mass is 10.1. The smallest absolute Gasteiger partial charge is 0.241 e. The van der Waals surface area contributed by atoms with Gasteiger partial charge in [0, 0.05) is 22.5 Å². The molecule has 146 valence electrons. The Hall–Kier alpha value is -3.11. The molecule has 1 heterocycles. The van der Waals surface area contributed by atoms with Crippen molar-refractivity contribution >= 4 is 28.4 Å². The van der Waals surface area contributed by atoms with Crippen molar-refractivity contribution < 1.29 is 4.79 Å². The standard InChI is InChI=1S/C24H22ClN3O/c25-20-13-14-22-21(16-20)24(19-11-5-2-6-12-19)27-28(22)17-23(29)26-15-7-10-18-8-3-1-4-9-18/h1-6,8-9,11-14,16H,7,10,15,17H2,(H,26,29). The number of halogens is 1. The van der Waals surface area contributed by atoms with Crippen molar-refractivity contribution in [2.75, 3.05) is 6.54 Å². The zero-order valence-electron chi connectivity index (χ0n) is 16.0. The van der Waals surface area contributed by atoms with Crippen molar-refractivity contribution in [3.8, 4) is 11.3 Å². The Morgan fingerprint density at radius 2 is 1.69 bits per heavy atom. The van der Waals surface area contributed by atoms with Gasteiger partial charge in [0.15, 0.2) is 0 Å². The van der Waals surface area contributed by atoms with Crippen LogP contribution in [0.4, 0.5) is 0 Å². The number of hydrogen-bond donors (Lipinski definition) is 1. The van der Waals surface area contributed by atoms with Gasteiger partial charge in [-0.2, -0.15) is 5.10 Å². The molecule has 0 aliphatic carbocycles. The number of benzene rings is 3. The third kappa shape index (κ3) is 4.66. The van der Waals surface area contributed by atoms with E-state index in [4.69, 9.17) is 16.7 Å². The maximum absolute atomic E-state index is 12.5. The van der Waals surface area contributed by atoms with Gasteiger partial charge >= 0.3 is 0 Å². The van der Waals surface area contributed by atoms with Crippen LogP contribution in [0.3, 0.4) is 0 Å². The first kappa shape index (κ1) is 19.2. The summed E-state index contributed by atoms with van der Waals surface area (Å²) in [6.45, 7) is 0.820. The molecule has 3 aromatic carbocycles. The van der Waals surface area contributed by atoms with Crippen molar-refractivity contribution in [2.45, 2.75) is 19.4 Å². The summed E-state index contributed by atoms with van der Waals surface area (Å²) in [6, 6.07) is 25.9. The van der Waals surface area contributed by atoms with Gasteiger partial charge in [-0.1, -0.05) is 72.3 Å². The molecule has 0 radical (unpaired) electrons. The average Bonchev–Trinajstić information content (AvgIpc) is 3.10. The van der Waals surface area contributed by atoms with Gasteiger partial charge in [-0.3, -0.25) is 9.48 Å². The van der Waals surface area contributed by atoms with Crippen LogP contribution in [0.15, 0.2) is 78.9 Å². The number of hydrogen-bond acceptors (Lipinski definition) is 2. The summed E-state index contributed by atoms with van der Waals surface area (Å²) in [5, 5.41) is 9.31. The van der Waals surface area contributed by atoms with Gasteiger partial charge in [0.1, 0.15) is 12.2 Å². The zero-order chi connectivity index (χ0) is 20.1. The molecule has 0 spiro atoms. The van der Waals surface area contributed by atoms with E-state index >= 15 is 0 Å². The summed E-state index contributed by atoms with van der Waals surface area (Å²) in [5.41, 5.74) is 4.01. The molecule has 0 saturated carbocycles. The minimum atomic E-state index is -0.0444. The summed E-state index contributed by atoms with van der Waals surface area (Å²) in [6.07, 6.45) is 1.85. The Labute approximate surface area is 175 Å². The minimum Gasteiger partial charge on any atom is -0.354 e. The van der Waals surface area contributed by atoms with Crippen molar-refractivity contribution in [3.05, 3.63) is 89.4 Å². The number of amides is 1. The summed E-state index contributed by atoms with van der Waals surface area (Å²) in [7, 11) is 0. The van der Waals surface area contributed by atoms with Crippen LogP contribution in [-0.2, 0) is 17.8 Å². The summed E-state index contributed by atoms with van der Waals surface area (Å²) < 4.78 is 1.75. The van der Waals surface area contributed by atoms with Crippen molar-refractivity contribution in [1.29, 1.82) is 0 Å². The molecule has 0 bridgehead atoms. The summed E-state index contributed by atoms with van der Waals surface area (Å²) >= 11 is 6.21. The molecular formula is C24H22ClN3O. The van der Waals surface area contributed by atoms with Gasteiger partial charge in [-0.15, -0.1) is 0 Å². The first-order chi connectivity index (χ1) is 14.2. The first-order valence-corrected chi connectivity index (χ1v) is 10.1. The van der Waals surface area contributed by atoms with E-state index in [-0.39, 0.29) is 12.5 Å². The minimum absolute atomic E-state index is 0.0444. The van der Waals surface area contributed by atoms with Crippen LogP contribution in [0.2, 0.25) is 5.02 Å². The molecule has 1 aromatic heterocycles. The number of rotatable bonds is 7. The van der Waals surface area contributed by atoms with Crippen LogP contribution in [0, 0.1) is 0 Å². The maximum atomic E-state index is 12.5. The second-order valence-electron chi connectivity index (χ2n) is 6.97. The summed E-state index contributed by atoms with van der Waals surface area (Å²) in [5.74, 6) is -0.0444. The number of nitrogens with one attached hydrogen (secondary N) is 1. The Kier molecular flexibility index (Phi) is 5.92.